The summed E-state index contributed by atoms with van der Waals surface area (Å²) in [4.78, 5) is 10.6. The molecule has 0 aromatic carbocycles. The van der Waals surface area contributed by atoms with Crippen LogP contribution in [0, 0.1) is 11.8 Å². The van der Waals surface area contributed by atoms with Crippen molar-refractivity contribution in [1.29, 1.82) is 0 Å². The van der Waals surface area contributed by atoms with Gasteiger partial charge in [-0.3, -0.25) is 0 Å². The topological polar surface area (TPSA) is 29.1 Å². The molecule has 0 radical (unpaired) electrons. The number of carbonyl (C=O) groups is 1. The van der Waals surface area contributed by atoms with Gasteiger partial charge in [0, 0.05) is 0 Å². The molecule has 72 valence electrons. The summed E-state index contributed by atoms with van der Waals surface area (Å²) in [6.07, 6.45) is 1.96. The van der Waals surface area contributed by atoms with Crippen LogP contribution in [0.5, 0.6) is 0 Å². The van der Waals surface area contributed by atoms with Crippen LogP contribution < -0.4 is 5.32 Å². The second-order valence-corrected chi connectivity index (χ2v) is 4.17. The van der Waals surface area contributed by atoms with E-state index in [1.165, 1.54) is 0 Å². The lowest BCUT2D eigenvalue weighted by Gasteiger charge is -2.15. The quantitative estimate of drug-likeness (QED) is 0.618. The van der Waals surface area contributed by atoms with Gasteiger partial charge in [-0.25, -0.2) is 0 Å². The maximum atomic E-state index is 10.6. The monoisotopic (exact) mass is 171 g/mol. The van der Waals surface area contributed by atoms with Gasteiger partial charge >= 0.3 is 0 Å². The molecule has 0 rings (SSSR count). The van der Waals surface area contributed by atoms with Gasteiger partial charge in [-0.2, -0.15) is 0 Å². The highest BCUT2D eigenvalue weighted by Crippen LogP contribution is 2.03. The maximum Gasteiger partial charge on any atom is 0.136 e. The molecule has 0 bridgehead atoms. The van der Waals surface area contributed by atoms with Crippen LogP contribution in [0.2, 0.25) is 0 Å². The first kappa shape index (κ1) is 11.6. The van der Waals surface area contributed by atoms with Gasteiger partial charge in [-0.15, -0.1) is 0 Å². The first-order chi connectivity index (χ1) is 5.56. The van der Waals surface area contributed by atoms with E-state index >= 15 is 0 Å². The highest BCUT2D eigenvalue weighted by atomic mass is 16.1. The Hall–Kier alpha value is -0.370. The molecule has 0 spiro atoms. The molecule has 0 heterocycles. The minimum atomic E-state index is 0.0485. The Morgan fingerprint density at radius 3 is 2.08 bits per heavy atom. The maximum absolute atomic E-state index is 10.6. The molecule has 0 saturated carbocycles. The molecule has 1 atom stereocenters. The van der Waals surface area contributed by atoms with Crippen molar-refractivity contribution in [2.75, 3.05) is 6.54 Å². The lowest BCUT2D eigenvalue weighted by Crippen LogP contribution is -2.34. The minimum Gasteiger partial charge on any atom is -0.307 e. The smallest absolute Gasteiger partial charge is 0.136 e. The Balaban J connectivity index is 3.60. The van der Waals surface area contributed by atoms with Gasteiger partial charge in [0.25, 0.3) is 0 Å². The summed E-state index contributed by atoms with van der Waals surface area (Å²) >= 11 is 0. The van der Waals surface area contributed by atoms with E-state index in [2.05, 4.69) is 33.0 Å². The molecule has 2 nitrogen and oxygen atoms in total. The Kier molecular flexibility index (Phi) is 5.99. The molecule has 0 aliphatic carbocycles. The van der Waals surface area contributed by atoms with Crippen molar-refractivity contribution >= 4 is 6.29 Å². The molecule has 12 heavy (non-hydrogen) atoms. The average Bonchev–Trinajstić information content (AvgIpc) is 1.97. The molecule has 0 aliphatic heterocycles. The number of aldehydes is 1. The van der Waals surface area contributed by atoms with E-state index in [1.54, 1.807) is 0 Å². The van der Waals surface area contributed by atoms with E-state index in [-0.39, 0.29) is 6.04 Å². The summed E-state index contributed by atoms with van der Waals surface area (Å²) in [5.74, 6) is 1.19. The van der Waals surface area contributed by atoms with Gasteiger partial charge in [0.05, 0.1) is 6.04 Å². The fourth-order valence-corrected chi connectivity index (χ4v) is 1.08. The van der Waals surface area contributed by atoms with Crippen molar-refractivity contribution < 1.29 is 4.79 Å². The third kappa shape index (κ3) is 6.35. The molecular weight excluding hydrogens is 150 g/mol. The fraction of sp³-hybridized carbons (Fsp3) is 0.900. The number of hydrogen-bond donors (Lipinski definition) is 1. The third-order valence-corrected chi connectivity index (χ3v) is 1.68. The van der Waals surface area contributed by atoms with Crippen molar-refractivity contribution in [3.63, 3.8) is 0 Å². The molecule has 0 aromatic rings. The zero-order chi connectivity index (χ0) is 9.56. The molecule has 2 heteroatoms. The standard InChI is InChI=1S/C10H21NO/c1-8(2)5-10(7-12)11-6-9(3)4/h7-11H,5-6H2,1-4H3/t10-/m0/s1. The zero-order valence-corrected chi connectivity index (χ0v) is 8.63. The third-order valence-electron chi connectivity index (χ3n) is 1.68. The van der Waals surface area contributed by atoms with Crippen LogP contribution in [0.15, 0.2) is 0 Å². The van der Waals surface area contributed by atoms with Crippen molar-refractivity contribution in [3.8, 4) is 0 Å². The van der Waals surface area contributed by atoms with E-state index in [9.17, 15) is 4.79 Å². The molecular formula is C10H21NO. The Bertz CT molecular complexity index is 121. The van der Waals surface area contributed by atoms with Crippen LogP contribution >= 0.6 is 0 Å². The average molecular weight is 171 g/mol. The van der Waals surface area contributed by atoms with Crippen LogP contribution in [0.3, 0.4) is 0 Å². The van der Waals surface area contributed by atoms with Gasteiger partial charge in [-0.05, 0) is 24.8 Å². The fourth-order valence-electron chi connectivity index (χ4n) is 1.08. The van der Waals surface area contributed by atoms with Crippen molar-refractivity contribution in [2.24, 2.45) is 11.8 Å². The van der Waals surface area contributed by atoms with Crippen LogP contribution in [0.4, 0.5) is 0 Å². The second kappa shape index (κ2) is 6.18. The summed E-state index contributed by atoms with van der Waals surface area (Å²) in [5, 5.41) is 3.23. The highest BCUT2D eigenvalue weighted by molar-refractivity contribution is 5.57. The van der Waals surface area contributed by atoms with Crippen LogP contribution in [0.25, 0.3) is 0 Å². The van der Waals surface area contributed by atoms with Gasteiger partial charge in [0.1, 0.15) is 6.29 Å². The van der Waals surface area contributed by atoms with Crippen molar-refractivity contribution in [3.05, 3.63) is 0 Å². The Morgan fingerprint density at radius 1 is 1.17 bits per heavy atom. The largest absolute Gasteiger partial charge is 0.307 e. The normalized spacial score (nSPS) is 13.8. The van der Waals surface area contributed by atoms with E-state index < -0.39 is 0 Å². The molecule has 0 unspecified atom stereocenters. The summed E-state index contributed by atoms with van der Waals surface area (Å²) in [6, 6.07) is 0.0485. The first-order valence-corrected chi connectivity index (χ1v) is 4.75. The SMILES string of the molecule is CC(C)CN[C@H](C=O)CC(C)C. The van der Waals surface area contributed by atoms with Crippen LogP contribution in [-0.2, 0) is 4.79 Å². The number of carbonyl (C=O) groups excluding carboxylic acids is 1. The van der Waals surface area contributed by atoms with Gasteiger partial charge in [0.15, 0.2) is 0 Å². The summed E-state index contributed by atoms with van der Waals surface area (Å²) in [5.41, 5.74) is 0. The van der Waals surface area contributed by atoms with Crippen molar-refractivity contribution in [1.82, 2.24) is 5.32 Å². The van der Waals surface area contributed by atoms with Crippen LogP contribution in [-0.4, -0.2) is 18.9 Å². The first-order valence-electron chi connectivity index (χ1n) is 4.75. The van der Waals surface area contributed by atoms with Crippen LogP contribution in [0.1, 0.15) is 34.1 Å². The predicted molar refractivity (Wildman–Crippen MR) is 52.1 cm³/mol. The Labute approximate surface area is 75.7 Å². The second-order valence-electron chi connectivity index (χ2n) is 4.17. The van der Waals surface area contributed by atoms with E-state index in [4.69, 9.17) is 0 Å². The molecule has 0 amide bonds. The van der Waals surface area contributed by atoms with Crippen molar-refractivity contribution in [2.45, 2.75) is 40.2 Å². The lowest BCUT2D eigenvalue weighted by molar-refractivity contribution is -0.109. The summed E-state index contributed by atoms with van der Waals surface area (Å²) in [7, 11) is 0. The van der Waals surface area contributed by atoms with E-state index in [1.807, 2.05) is 0 Å². The van der Waals surface area contributed by atoms with E-state index in [0.29, 0.717) is 11.8 Å². The zero-order valence-electron chi connectivity index (χ0n) is 8.63. The molecule has 0 fully saturated rings. The minimum absolute atomic E-state index is 0.0485. The molecule has 0 aliphatic rings. The lowest BCUT2D eigenvalue weighted by atomic mass is 10.0. The Morgan fingerprint density at radius 2 is 1.75 bits per heavy atom. The molecule has 0 aromatic heterocycles. The predicted octanol–water partition coefficient (Wildman–Crippen LogP) is 1.85. The van der Waals surface area contributed by atoms with Gasteiger partial charge in [-0.1, -0.05) is 27.7 Å². The van der Waals surface area contributed by atoms with E-state index in [0.717, 1.165) is 19.3 Å². The number of nitrogens with one attached hydrogen (secondary N) is 1. The number of rotatable bonds is 6. The molecule has 0 saturated heterocycles. The summed E-state index contributed by atoms with van der Waals surface area (Å²) in [6.45, 7) is 9.48. The van der Waals surface area contributed by atoms with Gasteiger partial charge < -0.3 is 10.1 Å². The summed E-state index contributed by atoms with van der Waals surface area (Å²) < 4.78 is 0. The highest BCUT2D eigenvalue weighted by Gasteiger charge is 2.08. The van der Waals surface area contributed by atoms with Gasteiger partial charge in [0.2, 0.25) is 0 Å². The number of hydrogen-bond acceptors (Lipinski definition) is 2. The molecule has 1 N–H and O–H groups in total.